The molecule has 1 spiro atoms. The highest BCUT2D eigenvalue weighted by molar-refractivity contribution is 6.06. The molecule has 1 saturated heterocycles. The van der Waals surface area contributed by atoms with Crippen LogP contribution in [-0.2, 0) is 10.2 Å². The number of carbonyl (C=O) groups is 1. The highest BCUT2D eigenvalue weighted by Crippen LogP contribution is 2.44. The van der Waals surface area contributed by atoms with Crippen LogP contribution in [-0.4, -0.2) is 19.0 Å². The Morgan fingerprint density at radius 2 is 1.94 bits per heavy atom. The van der Waals surface area contributed by atoms with Crippen LogP contribution < -0.4 is 10.6 Å². The van der Waals surface area contributed by atoms with Gasteiger partial charge < -0.3 is 10.6 Å². The van der Waals surface area contributed by atoms with Crippen LogP contribution in [0.25, 0.3) is 0 Å². The van der Waals surface area contributed by atoms with Crippen molar-refractivity contribution >= 4 is 24.0 Å². The minimum absolute atomic E-state index is 0. The van der Waals surface area contributed by atoms with E-state index in [4.69, 9.17) is 0 Å². The SMILES string of the molecule is Cl.O=C1Nc2c(F)cccc2C12CCNCC2. The number of carbonyl (C=O) groups excluding carboxylic acids is 1. The van der Waals surface area contributed by atoms with Gasteiger partial charge in [0.25, 0.3) is 0 Å². The fraction of sp³-hybridized carbons (Fsp3) is 0.417. The molecule has 92 valence electrons. The van der Waals surface area contributed by atoms with Crippen molar-refractivity contribution < 1.29 is 9.18 Å². The maximum atomic E-state index is 13.6. The lowest BCUT2D eigenvalue weighted by molar-refractivity contribution is -0.121. The lowest BCUT2D eigenvalue weighted by atomic mass is 9.74. The molecule has 0 aromatic heterocycles. The first-order valence-corrected chi connectivity index (χ1v) is 5.55. The number of piperidine rings is 1. The number of hydrogen-bond acceptors (Lipinski definition) is 2. The molecule has 0 aliphatic carbocycles. The summed E-state index contributed by atoms with van der Waals surface area (Å²) in [6.45, 7) is 1.62. The first-order valence-electron chi connectivity index (χ1n) is 5.55. The molecule has 3 nitrogen and oxygen atoms in total. The Hall–Kier alpha value is -1.13. The van der Waals surface area contributed by atoms with Gasteiger partial charge in [-0.25, -0.2) is 4.39 Å². The number of para-hydroxylation sites is 1. The van der Waals surface area contributed by atoms with Crippen molar-refractivity contribution in [2.45, 2.75) is 18.3 Å². The molecular weight excluding hydrogens is 243 g/mol. The second kappa shape index (κ2) is 4.27. The van der Waals surface area contributed by atoms with Gasteiger partial charge in [0.2, 0.25) is 5.91 Å². The Bertz CT molecular complexity index is 458. The van der Waals surface area contributed by atoms with Gasteiger partial charge in [0, 0.05) is 0 Å². The molecule has 0 saturated carbocycles. The highest BCUT2D eigenvalue weighted by atomic mass is 35.5. The molecule has 0 radical (unpaired) electrons. The molecule has 17 heavy (non-hydrogen) atoms. The molecule has 0 bridgehead atoms. The lowest BCUT2D eigenvalue weighted by Gasteiger charge is -2.31. The third kappa shape index (κ3) is 1.63. The maximum absolute atomic E-state index is 13.6. The van der Waals surface area contributed by atoms with Crippen LogP contribution >= 0.6 is 12.4 Å². The van der Waals surface area contributed by atoms with Crippen molar-refractivity contribution in [1.82, 2.24) is 5.32 Å². The van der Waals surface area contributed by atoms with Gasteiger partial charge in [-0.2, -0.15) is 0 Å². The van der Waals surface area contributed by atoms with E-state index < -0.39 is 5.41 Å². The second-order valence-electron chi connectivity index (χ2n) is 4.45. The zero-order valence-corrected chi connectivity index (χ0v) is 10.1. The first kappa shape index (κ1) is 12.3. The van der Waals surface area contributed by atoms with Crippen LogP contribution in [0.5, 0.6) is 0 Å². The predicted molar refractivity (Wildman–Crippen MR) is 66.1 cm³/mol. The van der Waals surface area contributed by atoms with Crippen molar-refractivity contribution in [2.24, 2.45) is 0 Å². The van der Waals surface area contributed by atoms with E-state index >= 15 is 0 Å². The Morgan fingerprint density at radius 3 is 2.65 bits per heavy atom. The summed E-state index contributed by atoms with van der Waals surface area (Å²) >= 11 is 0. The molecule has 0 atom stereocenters. The van der Waals surface area contributed by atoms with Gasteiger partial charge in [-0.05, 0) is 37.6 Å². The van der Waals surface area contributed by atoms with Crippen molar-refractivity contribution in [3.05, 3.63) is 29.6 Å². The van der Waals surface area contributed by atoms with Crippen molar-refractivity contribution in [3.63, 3.8) is 0 Å². The van der Waals surface area contributed by atoms with Gasteiger partial charge in [0.05, 0.1) is 11.1 Å². The number of halogens is 2. The van der Waals surface area contributed by atoms with Gasteiger partial charge in [-0.15, -0.1) is 12.4 Å². The zero-order valence-electron chi connectivity index (χ0n) is 9.25. The molecule has 1 aromatic carbocycles. The average molecular weight is 257 g/mol. The molecule has 2 heterocycles. The smallest absolute Gasteiger partial charge is 0.235 e. The number of anilines is 1. The molecule has 1 aromatic rings. The van der Waals surface area contributed by atoms with Crippen molar-refractivity contribution in [2.75, 3.05) is 18.4 Å². The molecular formula is C12H14ClFN2O. The number of nitrogens with one attached hydrogen (secondary N) is 2. The third-order valence-electron chi connectivity index (χ3n) is 3.66. The van der Waals surface area contributed by atoms with Crippen molar-refractivity contribution in [1.29, 1.82) is 0 Å². The zero-order chi connectivity index (χ0) is 11.2. The predicted octanol–water partition coefficient (Wildman–Crippen LogP) is 1.82. The Labute approximate surface area is 105 Å². The second-order valence-corrected chi connectivity index (χ2v) is 4.45. The molecule has 3 rings (SSSR count). The fourth-order valence-corrected chi connectivity index (χ4v) is 2.76. The van der Waals surface area contributed by atoms with Crippen LogP contribution in [0.15, 0.2) is 18.2 Å². The maximum Gasteiger partial charge on any atom is 0.235 e. The standard InChI is InChI=1S/C12H13FN2O.ClH/c13-9-3-1-2-8-10(9)15-11(16)12(8)4-6-14-7-5-12;/h1-3,14H,4-7H2,(H,15,16);1H. The third-order valence-corrected chi connectivity index (χ3v) is 3.66. The van der Waals surface area contributed by atoms with E-state index in [2.05, 4.69) is 10.6 Å². The Morgan fingerprint density at radius 1 is 1.24 bits per heavy atom. The highest BCUT2D eigenvalue weighted by Gasteiger charge is 2.47. The van der Waals surface area contributed by atoms with Gasteiger partial charge in [0.15, 0.2) is 0 Å². The summed E-state index contributed by atoms with van der Waals surface area (Å²) in [7, 11) is 0. The molecule has 1 amide bonds. The van der Waals surface area contributed by atoms with Crippen molar-refractivity contribution in [3.8, 4) is 0 Å². The number of amides is 1. The van der Waals surface area contributed by atoms with E-state index in [1.54, 1.807) is 6.07 Å². The molecule has 2 aliphatic heterocycles. The number of benzene rings is 1. The summed E-state index contributed by atoms with van der Waals surface area (Å²) in [5.74, 6) is -0.379. The molecule has 2 N–H and O–H groups in total. The molecule has 0 unspecified atom stereocenters. The summed E-state index contributed by atoms with van der Waals surface area (Å²) in [5, 5.41) is 5.91. The van der Waals surface area contributed by atoms with E-state index in [0.29, 0.717) is 5.69 Å². The van der Waals surface area contributed by atoms with Gasteiger partial charge in [-0.1, -0.05) is 12.1 Å². The van der Waals surface area contributed by atoms with Gasteiger partial charge in [0.1, 0.15) is 5.82 Å². The minimum Gasteiger partial charge on any atom is -0.323 e. The number of fused-ring (bicyclic) bond motifs is 2. The van der Waals surface area contributed by atoms with Gasteiger partial charge >= 0.3 is 0 Å². The van der Waals surface area contributed by atoms with Crippen LogP contribution in [0, 0.1) is 5.82 Å². The largest absolute Gasteiger partial charge is 0.323 e. The molecule has 1 fully saturated rings. The Balaban J connectivity index is 0.00000108. The summed E-state index contributed by atoms with van der Waals surface area (Å²) < 4.78 is 13.6. The molecule has 5 heteroatoms. The lowest BCUT2D eigenvalue weighted by Crippen LogP contribution is -2.44. The quantitative estimate of drug-likeness (QED) is 0.744. The Kier molecular flexibility index (Phi) is 3.10. The van der Waals surface area contributed by atoms with E-state index in [9.17, 15) is 9.18 Å². The summed E-state index contributed by atoms with van der Waals surface area (Å²) in [4.78, 5) is 12.1. The van der Waals surface area contributed by atoms with E-state index in [1.807, 2.05) is 6.07 Å². The van der Waals surface area contributed by atoms with Crippen LogP contribution in [0.1, 0.15) is 18.4 Å². The first-order chi connectivity index (χ1) is 7.74. The number of hydrogen-bond donors (Lipinski definition) is 2. The summed E-state index contributed by atoms with van der Waals surface area (Å²) in [6, 6.07) is 4.93. The van der Waals surface area contributed by atoms with E-state index in [1.165, 1.54) is 6.07 Å². The minimum atomic E-state index is -0.497. The van der Waals surface area contributed by atoms with Gasteiger partial charge in [-0.3, -0.25) is 4.79 Å². The average Bonchev–Trinajstić information content (AvgIpc) is 2.57. The topological polar surface area (TPSA) is 41.1 Å². The normalized spacial score (nSPS) is 20.6. The summed E-state index contributed by atoms with van der Waals surface area (Å²) in [5.41, 5.74) is 0.719. The van der Waals surface area contributed by atoms with E-state index in [0.717, 1.165) is 31.5 Å². The monoisotopic (exact) mass is 256 g/mol. The molecule has 2 aliphatic rings. The van der Waals surface area contributed by atoms with E-state index in [-0.39, 0.29) is 24.1 Å². The van der Waals surface area contributed by atoms with Crippen LogP contribution in [0.2, 0.25) is 0 Å². The number of rotatable bonds is 0. The fourth-order valence-electron chi connectivity index (χ4n) is 2.76. The summed E-state index contributed by atoms with van der Waals surface area (Å²) in [6.07, 6.45) is 1.49. The van der Waals surface area contributed by atoms with Crippen LogP contribution in [0.3, 0.4) is 0 Å². The van der Waals surface area contributed by atoms with Crippen LogP contribution in [0.4, 0.5) is 10.1 Å².